The van der Waals surface area contributed by atoms with Crippen LogP contribution >= 0.6 is 23.2 Å². The number of hydrogen-bond acceptors (Lipinski definition) is 6. The van der Waals surface area contributed by atoms with Crippen LogP contribution in [0.5, 0.6) is 0 Å². The first-order chi connectivity index (χ1) is 11.9. The lowest BCUT2D eigenvalue weighted by Crippen LogP contribution is -2.69. The molecule has 2 aliphatic heterocycles. The molecule has 25 heavy (non-hydrogen) atoms. The Morgan fingerprint density at radius 1 is 1.28 bits per heavy atom. The van der Waals surface area contributed by atoms with Gasteiger partial charge < -0.3 is 10.2 Å². The highest BCUT2D eigenvalue weighted by Gasteiger charge is 2.57. The maximum absolute atomic E-state index is 12.6. The molecule has 2 atom stereocenters. The van der Waals surface area contributed by atoms with E-state index in [1.807, 2.05) is 4.90 Å². The molecule has 4 rings (SSSR count). The molecule has 0 spiro atoms. The van der Waals surface area contributed by atoms with Crippen LogP contribution in [0.3, 0.4) is 0 Å². The standard InChI is InChI=1S/C16H15Cl2N3O3S/c17-13-6-11(7-19-15(13)18)21-8-14-16(10-21,9-20-14)24-25(22,23)12-4-2-1-3-5-12/h1-7,14,20H,8-10H2/t14-,16-/m0/s1. The third-order valence-corrected chi connectivity index (χ3v) is 6.69. The minimum atomic E-state index is -3.83. The Balaban J connectivity index is 1.58. The van der Waals surface area contributed by atoms with Crippen molar-refractivity contribution in [2.45, 2.75) is 16.5 Å². The summed E-state index contributed by atoms with van der Waals surface area (Å²) < 4.78 is 30.9. The van der Waals surface area contributed by atoms with Crippen LogP contribution in [0.25, 0.3) is 0 Å². The van der Waals surface area contributed by atoms with E-state index in [1.54, 1.807) is 30.5 Å². The van der Waals surface area contributed by atoms with Crippen LogP contribution < -0.4 is 10.2 Å². The molecule has 2 aromatic rings. The molecule has 1 aromatic carbocycles. The summed E-state index contributed by atoms with van der Waals surface area (Å²) in [7, 11) is -3.83. The van der Waals surface area contributed by atoms with Crippen molar-refractivity contribution in [2.24, 2.45) is 0 Å². The lowest BCUT2D eigenvalue weighted by molar-refractivity contribution is 0.00892. The lowest BCUT2D eigenvalue weighted by Gasteiger charge is -2.43. The number of aromatic nitrogens is 1. The van der Waals surface area contributed by atoms with Crippen molar-refractivity contribution in [3.63, 3.8) is 0 Å². The summed E-state index contributed by atoms with van der Waals surface area (Å²) in [6.07, 6.45) is 1.62. The fourth-order valence-corrected chi connectivity index (χ4v) is 4.74. The summed E-state index contributed by atoms with van der Waals surface area (Å²) in [6.45, 7) is 1.50. The van der Waals surface area contributed by atoms with Gasteiger partial charge in [-0.1, -0.05) is 41.4 Å². The minimum Gasteiger partial charge on any atom is -0.365 e. The predicted molar refractivity (Wildman–Crippen MR) is 95.7 cm³/mol. The number of benzene rings is 1. The summed E-state index contributed by atoms with van der Waals surface area (Å²) >= 11 is 11.9. The van der Waals surface area contributed by atoms with Crippen LogP contribution in [0.4, 0.5) is 5.69 Å². The first-order valence-electron chi connectivity index (χ1n) is 7.70. The zero-order valence-electron chi connectivity index (χ0n) is 13.0. The quantitative estimate of drug-likeness (QED) is 0.628. The van der Waals surface area contributed by atoms with Gasteiger partial charge in [0.25, 0.3) is 10.1 Å². The van der Waals surface area contributed by atoms with Crippen molar-refractivity contribution in [1.82, 2.24) is 10.3 Å². The van der Waals surface area contributed by atoms with Crippen LogP contribution in [0.2, 0.25) is 10.2 Å². The number of anilines is 1. The molecule has 0 bridgehead atoms. The molecular weight excluding hydrogens is 385 g/mol. The first kappa shape index (κ1) is 17.1. The molecule has 0 saturated carbocycles. The second kappa shape index (κ2) is 6.10. The Labute approximate surface area is 155 Å². The van der Waals surface area contributed by atoms with E-state index >= 15 is 0 Å². The van der Waals surface area contributed by atoms with E-state index in [4.69, 9.17) is 27.4 Å². The minimum absolute atomic E-state index is 0.0829. The number of hydrogen-bond donors (Lipinski definition) is 1. The topological polar surface area (TPSA) is 71.5 Å². The number of halogens is 2. The van der Waals surface area contributed by atoms with Crippen molar-refractivity contribution in [1.29, 1.82) is 0 Å². The number of nitrogens with zero attached hydrogens (tertiary/aromatic N) is 2. The lowest BCUT2D eigenvalue weighted by atomic mass is 9.90. The Morgan fingerprint density at radius 2 is 2.04 bits per heavy atom. The second-order valence-electron chi connectivity index (χ2n) is 6.20. The zero-order valence-corrected chi connectivity index (χ0v) is 15.4. The molecule has 2 aliphatic rings. The summed E-state index contributed by atoms with van der Waals surface area (Å²) in [5, 5.41) is 3.84. The Hall–Kier alpha value is -1.38. The monoisotopic (exact) mass is 399 g/mol. The van der Waals surface area contributed by atoms with Crippen molar-refractivity contribution in [2.75, 3.05) is 24.5 Å². The molecule has 2 saturated heterocycles. The van der Waals surface area contributed by atoms with Crippen LogP contribution in [0.15, 0.2) is 47.5 Å². The zero-order chi connectivity index (χ0) is 17.7. The SMILES string of the molecule is O=S(=O)(O[C@]12CN[C@H]1CN(c1cnc(Cl)c(Cl)c1)C2)c1ccccc1. The predicted octanol–water partition coefficient (Wildman–Crippen LogP) is 2.32. The second-order valence-corrected chi connectivity index (χ2v) is 8.51. The fourth-order valence-electron chi connectivity index (χ4n) is 3.23. The number of nitrogens with one attached hydrogen (secondary N) is 1. The molecular formula is C16H15Cl2N3O3S. The Morgan fingerprint density at radius 3 is 2.68 bits per heavy atom. The molecule has 132 valence electrons. The van der Waals surface area contributed by atoms with Gasteiger partial charge in [0.05, 0.1) is 34.4 Å². The van der Waals surface area contributed by atoms with Crippen molar-refractivity contribution < 1.29 is 12.6 Å². The Bertz CT molecular complexity index is 910. The molecule has 1 aromatic heterocycles. The highest BCUT2D eigenvalue weighted by atomic mass is 35.5. The van der Waals surface area contributed by atoms with Gasteiger partial charge >= 0.3 is 0 Å². The van der Waals surface area contributed by atoms with E-state index in [9.17, 15) is 8.42 Å². The van der Waals surface area contributed by atoms with Crippen LogP contribution in [0.1, 0.15) is 0 Å². The number of pyridine rings is 1. The van der Waals surface area contributed by atoms with Crippen molar-refractivity contribution >= 4 is 39.0 Å². The summed E-state index contributed by atoms with van der Waals surface area (Å²) in [4.78, 5) is 6.21. The van der Waals surface area contributed by atoms with E-state index < -0.39 is 15.7 Å². The fraction of sp³-hybridized carbons (Fsp3) is 0.312. The average Bonchev–Trinajstić information content (AvgIpc) is 2.83. The Kier molecular flexibility index (Phi) is 4.16. The normalized spacial score (nSPS) is 25.5. The molecule has 2 fully saturated rings. The maximum atomic E-state index is 12.6. The van der Waals surface area contributed by atoms with Gasteiger partial charge in [-0.3, -0.25) is 4.18 Å². The van der Waals surface area contributed by atoms with Gasteiger partial charge in [0, 0.05) is 13.1 Å². The van der Waals surface area contributed by atoms with Gasteiger partial charge in [0.1, 0.15) is 10.8 Å². The molecule has 3 heterocycles. The van der Waals surface area contributed by atoms with Gasteiger partial charge in [-0.15, -0.1) is 0 Å². The number of rotatable bonds is 4. The maximum Gasteiger partial charge on any atom is 0.297 e. The molecule has 0 aliphatic carbocycles. The van der Waals surface area contributed by atoms with Crippen LogP contribution in [-0.2, 0) is 14.3 Å². The van der Waals surface area contributed by atoms with Crippen molar-refractivity contribution in [3.05, 3.63) is 52.8 Å². The highest BCUT2D eigenvalue weighted by Crippen LogP contribution is 2.38. The third kappa shape index (κ3) is 3.00. The average molecular weight is 400 g/mol. The summed E-state index contributed by atoms with van der Waals surface area (Å²) in [5.74, 6) is 0. The van der Waals surface area contributed by atoms with E-state index in [1.165, 1.54) is 12.1 Å². The molecule has 9 heteroatoms. The summed E-state index contributed by atoms with van der Waals surface area (Å²) in [5.41, 5.74) is -0.00785. The smallest absolute Gasteiger partial charge is 0.297 e. The first-order valence-corrected chi connectivity index (χ1v) is 9.86. The van der Waals surface area contributed by atoms with Gasteiger partial charge in [0.2, 0.25) is 0 Å². The van der Waals surface area contributed by atoms with Crippen molar-refractivity contribution in [3.8, 4) is 0 Å². The van der Waals surface area contributed by atoms with Gasteiger partial charge in [-0.25, -0.2) is 4.98 Å². The molecule has 0 amide bonds. The van der Waals surface area contributed by atoms with E-state index in [2.05, 4.69) is 10.3 Å². The van der Waals surface area contributed by atoms with Gasteiger partial charge in [-0.2, -0.15) is 8.42 Å². The van der Waals surface area contributed by atoms with E-state index in [0.29, 0.717) is 24.7 Å². The van der Waals surface area contributed by atoms with Gasteiger partial charge in [0.15, 0.2) is 0 Å². The van der Waals surface area contributed by atoms with E-state index in [0.717, 1.165) is 5.69 Å². The third-order valence-electron chi connectivity index (χ3n) is 4.60. The largest absolute Gasteiger partial charge is 0.365 e. The summed E-state index contributed by atoms with van der Waals surface area (Å²) in [6, 6.07) is 9.81. The molecule has 1 N–H and O–H groups in total. The van der Waals surface area contributed by atoms with Crippen LogP contribution in [-0.4, -0.2) is 44.7 Å². The highest BCUT2D eigenvalue weighted by molar-refractivity contribution is 7.86. The van der Waals surface area contributed by atoms with Gasteiger partial charge in [-0.05, 0) is 18.2 Å². The molecule has 6 nitrogen and oxygen atoms in total. The number of fused-ring (bicyclic) bond motifs is 1. The molecule has 0 radical (unpaired) electrons. The van der Waals surface area contributed by atoms with E-state index in [-0.39, 0.29) is 16.1 Å². The molecule has 0 unspecified atom stereocenters. The van der Waals surface area contributed by atoms with Crippen LogP contribution in [0, 0.1) is 0 Å².